The van der Waals surface area contributed by atoms with Crippen LogP contribution in [0.15, 0.2) is 42.5 Å². The van der Waals surface area contributed by atoms with Crippen molar-refractivity contribution in [3.05, 3.63) is 58.1 Å². The first-order chi connectivity index (χ1) is 13.0. The SMILES string of the molecule is COC1CCCN(c2ccc(NC(=O)CCc3ccc(Cl)c(Cl)c3)cc2)C1. The van der Waals surface area contributed by atoms with Crippen LogP contribution < -0.4 is 10.2 Å². The number of piperidine rings is 1. The van der Waals surface area contributed by atoms with Crippen LogP contribution in [0.2, 0.25) is 10.0 Å². The number of hydrogen-bond donors (Lipinski definition) is 1. The van der Waals surface area contributed by atoms with Crippen molar-refractivity contribution in [1.82, 2.24) is 0 Å². The smallest absolute Gasteiger partial charge is 0.224 e. The maximum Gasteiger partial charge on any atom is 0.224 e. The van der Waals surface area contributed by atoms with Gasteiger partial charge < -0.3 is 15.0 Å². The molecule has 0 bridgehead atoms. The third-order valence-electron chi connectivity index (χ3n) is 4.85. The lowest BCUT2D eigenvalue weighted by molar-refractivity contribution is -0.116. The highest BCUT2D eigenvalue weighted by Gasteiger charge is 2.19. The van der Waals surface area contributed by atoms with Crippen LogP contribution >= 0.6 is 23.2 Å². The first-order valence-corrected chi connectivity index (χ1v) is 9.92. The van der Waals surface area contributed by atoms with E-state index in [1.54, 1.807) is 19.2 Å². The molecule has 6 heteroatoms. The molecule has 1 heterocycles. The molecular formula is C21H24Cl2N2O2. The van der Waals surface area contributed by atoms with Crippen molar-refractivity contribution in [2.75, 3.05) is 30.4 Å². The first kappa shape index (κ1) is 20.0. The highest BCUT2D eigenvalue weighted by Crippen LogP contribution is 2.24. The fourth-order valence-electron chi connectivity index (χ4n) is 3.30. The van der Waals surface area contributed by atoms with Gasteiger partial charge in [0, 0.05) is 38.0 Å². The number of nitrogens with one attached hydrogen (secondary N) is 1. The third kappa shape index (κ3) is 5.61. The predicted octanol–water partition coefficient (Wildman–Crippen LogP) is 5.18. The monoisotopic (exact) mass is 406 g/mol. The lowest BCUT2D eigenvalue weighted by atomic mass is 10.1. The molecule has 0 radical (unpaired) electrons. The Balaban J connectivity index is 1.51. The number of rotatable bonds is 6. The van der Waals surface area contributed by atoms with E-state index < -0.39 is 0 Å². The molecule has 1 amide bonds. The van der Waals surface area contributed by atoms with Gasteiger partial charge in [0.05, 0.1) is 16.1 Å². The summed E-state index contributed by atoms with van der Waals surface area (Å²) in [4.78, 5) is 14.5. The molecule has 2 aromatic rings. The van der Waals surface area contributed by atoms with Gasteiger partial charge in [-0.3, -0.25) is 4.79 Å². The first-order valence-electron chi connectivity index (χ1n) is 9.17. The normalized spacial score (nSPS) is 17.0. The molecule has 1 aliphatic rings. The summed E-state index contributed by atoms with van der Waals surface area (Å²) in [7, 11) is 1.77. The third-order valence-corrected chi connectivity index (χ3v) is 5.59. The van der Waals surface area contributed by atoms with Crippen molar-refractivity contribution >= 4 is 40.5 Å². The average molecular weight is 407 g/mol. The highest BCUT2D eigenvalue weighted by molar-refractivity contribution is 6.42. The Morgan fingerprint density at radius 3 is 2.67 bits per heavy atom. The van der Waals surface area contributed by atoms with Crippen LogP contribution in [0.25, 0.3) is 0 Å². The van der Waals surface area contributed by atoms with Crippen molar-refractivity contribution < 1.29 is 9.53 Å². The van der Waals surface area contributed by atoms with Gasteiger partial charge in [0.25, 0.3) is 0 Å². The Kier molecular flexibility index (Phi) is 7.00. The Morgan fingerprint density at radius 1 is 1.19 bits per heavy atom. The summed E-state index contributed by atoms with van der Waals surface area (Å²) >= 11 is 11.9. The summed E-state index contributed by atoms with van der Waals surface area (Å²) in [5, 5.41) is 3.98. The molecule has 1 unspecified atom stereocenters. The second kappa shape index (κ2) is 9.45. The van der Waals surface area contributed by atoms with Crippen LogP contribution in [0.1, 0.15) is 24.8 Å². The number of ether oxygens (including phenoxy) is 1. The second-order valence-electron chi connectivity index (χ2n) is 6.79. The number of halogens is 2. The molecule has 0 saturated carbocycles. The van der Waals surface area contributed by atoms with E-state index in [2.05, 4.69) is 10.2 Å². The minimum Gasteiger partial charge on any atom is -0.380 e. The fraction of sp³-hybridized carbons (Fsp3) is 0.381. The summed E-state index contributed by atoms with van der Waals surface area (Å²) in [6.07, 6.45) is 3.54. The van der Waals surface area contributed by atoms with E-state index in [9.17, 15) is 4.79 Å². The van der Waals surface area contributed by atoms with E-state index in [0.29, 0.717) is 29.0 Å². The largest absolute Gasteiger partial charge is 0.380 e. The topological polar surface area (TPSA) is 41.6 Å². The lowest BCUT2D eigenvalue weighted by Crippen LogP contribution is -2.39. The van der Waals surface area contributed by atoms with Gasteiger partial charge in [-0.2, -0.15) is 0 Å². The number of aryl methyl sites for hydroxylation is 1. The van der Waals surface area contributed by atoms with E-state index in [-0.39, 0.29) is 5.91 Å². The van der Waals surface area contributed by atoms with Gasteiger partial charge in [0.2, 0.25) is 5.91 Å². The average Bonchev–Trinajstić information content (AvgIpc) is 2.69. The van der Waals surface area contributed by atoms with E-state index >= 15 is 0 Å². The van der Waals surface area contributed by atoms with Crippen LogP contribution in [0.5, 0.6) is 0 Å². The Hall–Kier alpha value is -1.75. The number of anilines is 2. The van der Waals surface area contributed by atoms with Crippen LogP contribution in [0.4, 0.5) is 11.4 Å². The molecular weight excluding hydrogens is 383 g/mol. The van der Waals surface area contributed by atoms with E-state index in [1.165, 1.54) is 0 Å². The maximum atomic E-state index is 12.2. The summed E-state index contributed by atoms with van der Waals surface area (Å²) in [5.74, 6) is -0.0220. The van der Waals surface area contributed by atoms with Crippen molar-refractivity contribution in [2.45, 2.75) is 31.8 Å². The van der Waals surface area contributed by atoms with Crippen LogP contribution in [-0.2, 0) is 16.0 Å². The molecule has 4 nitrogen and oxygen atoms in total. The second-order valence-corrected chi connectivity index (χ2v) is 7.60. The Bertz CT molecular complexity index is 780. The zero-order chi connectivity index (χ0) is 19.2. The van der Waals surface area contributed by atoms with Crippen molar-refractivity contribution in [3.8, 4) is 0 Å². The minimum atomic E-state index is -0.0220. The van der Waals surface area contributed by atoms with Gasteiger partial charge in [-0.25, -0.2) is 0 Å². The van der Waals surface area contributed by atoms with Gasteiger partial charge in [0.1, 0.15) is 0 Å². The number of amides is 1. The highest BCUT2D eigenvalue weighted by atomic mass is 35.5. The van der Waals surface area contributed by atoms with Crippen molar-refractivity contribution in [3.63, 3.8) is 0 Å². The molecule has 1 aliphatic heterocycles. The number of hydrogen-bond acceptors (Lipinski definition) is 3. The van der Waals surface area contributed by atoms with Crippen LogP contribution in [0, 0.1) is 0 Å². The molecule has 1 atom stereocenters. The number of carbonyl (C=O) groups excluding carboxylic acids is 1. The van der Waals surface area contributed by atoms with Gasteiger partial charge in [-0.05, 0) is 61.2 Å². The number of carbonyl (C=O) groups is 1. The summed E-state index contributed by atoms with van der Waals surface area (Å²) in [6, 6.07) is 13.4. The van der Waals surface area contributed by atoms with E-state index in [4.69, 9.17) is 27.9 Å². The van der Waals surface area contributed by atoms with Crippen molar-refractivity contribution in [2.24, 2.45) is 0 Å². The molecule has 144 valence electrons. The summed E-state index contributed by atoms with van der Waals surface area (Å²) in [6.45, 7) is 1.95. The molecule has 2 aromatic carbocycles. The van der Waals surface area contributed by atoms with E-state index in [0.717, 1.165) is 42.9 Å². The molecule has 1 fully saturated rings. The maximum absolute atomic E-state index is 12.2. The number of nitrogens with zero attached hydrogens (tertiary/aromatic N) is 1. The van der Waals surface area contributed by atoms with Gasteiger partial charge in [-0.1, -0.05) is 29.3 Å². The molecule has 1 N–H and O–H groups in total. The molecule has 27 heavy (non-hydrogen) atoms. The summed E-state index contributed by atoms with van der Waals surface area (Å²) < 4.78 is 5.48. The van der Waals surface area contributed by atoms with Gasteiger partial charge in [0.15, 0.2) is 0 Å². The number of methoxy groups -OCH3 is 1. The molecule has 1 saturated heterocycles. The molecule has 3 rings (SSSR count). The Morgan fingerprint density at radius 2 is 1.96 bits per heavy atom. The predicted molar refractivity (Wildman–Crippen MR) is 112 cm³/mol. The fourth-order valence-corrected chi connectivity index (χ4v) is 3.62. The van der Waals surface area contributed by atoms with Gasteiger partial charge >= 0.3 is 0 Å². The van der Waals surface area contributed by atoms with Crippen LogP contribution in [-0.4, -0.2) is 32.2 Å². The van der Waals surface area contributed by atoms with Gasteiger partial charge in [-0.15, -0.1) is 0 Å². The molecule has 0 aromatic heterocycles. The summed E-state index contributed by atoms with van der Waals surface area (Å²) in [5.41, 5.74) is 2.96. The van der Waals surface area contributed by atoms with E-state index in [1.807, 2.05) is 30.3 Å². The Labute approximate surface area is 170 Å². The van der Waals surface area contributed by atoms with Crippen LogP contribution in [0.3, 0.4) is 0 Å². The molecule has 0 aliphatic carbocycles. The quantitative estimate of drug-likeness (QED) is 0.718. The standard InChI is InChI=1S/C21H24Cl2N2O2/c1-27-18-3-2-12-25(14-18)17-8-6-16(7-9-17)24-21(26)11-5-15-4-10-19(22)20(23)13-15/h4,6-10,13,18H,2-3,5,11-12,14H2,1H3,(H,24,26). The minimum absolute atomic E-state index is 0.0220. The van der Waals surface area contributed by atoms with Crippen molar-refractivity contribution in [1.29, 1.82) is 0 Å². The zero-order valence-electron chi connectivity index (χ0n) is 15.4. The number of benzene rings is 2. The molecule has 0 spiro atoms. The lowest BCUT2D eigenvalue weighted by Gasteiger charge is -2.33. The zero-order valence-corrected chi connectivity index (χ0v) is 16.9.